The molecule has 1 fully saturated rings. The summed E-state index contributed by atoms with van der Waals surface area (Å²) in [5, 5.41) is 0. The molecule has 0 amide bonds. The molecule has 0 spiro atoms. The van der Waals surface area contributed by atoms with Crippen LogP contribution in [0.3, 0.4) is 0 Å². The lowest BCUT2D eigenvalue weighted by Crippen LogP contribution is -1.97. The van der Waals surface area contributed by atoms with Crippen LogP contribution in [0.2, 0.25) is 0 Å². The number of hydrogen-bond acceptors (Lipinski definition) is 2. The molecule has 1 saturated heterocycles. The van der Waals surface area contributed by atoms with Gasteiger partial charge in [0.2, 0.25) is 0 Å². The third-order valence-corrected chi connectivity index (χ3v) is 2.10. The molecule has 1 atom stereocenters. The maximum absolute atomic E-state index is 5.34. The molecule has 1 aliphatic rings. The summed E-state index contributed by atoms with van der Waals surface area (Å²) in [5.74, 6) is 0. The molecule has 1 aliphatic heterocycles. The summed E-state index contributed by atoms with van der Waals surface area (Å²) in [6.45, 7) is 3.94. The quantitative estimate of drug-likeness (QED) is 0.415. The van der Waals surface area contributed by atoms with Gasteiger partial charge in [0, 0.05) is 6.61 Å². The standard InChI is InChI=1S/C10H20O2/c1-2-3-4-5-6-7-8-11-10-9-12-10/h10H,2-9H2,1H3. The molecular formula is C10H20O2. The van der Waals surface area contributed by atoms with Gasteiger partial charge in [0.25, 0.3) is 0 Å². The van der Waals surface area contributed by atoms with Crippen LogP contribution in [0.15, 0.2) is 0 Å². The molecule has 0 N–H and O–H groups in total. The van der Waals surface area contributed by atoms with E-state index in [1.165, 1.54) is 38.5 Å². The van der Waals surface area contributed by atoms with Gasteiger partial charge in [-0.15, -0.1) is 0 Å². The average molecular weight is 172 g/mol. The Kier molecular flexibility index (Phi) is 5.37. The lowest BCUT2D eigenvalue weighted by atomic mass is 10.1. The van der Waals surface area contributed by atoms with E-state index in [1.54, 1.807) is 0 Å². The highest BCUT2D eigenvalue weighted by molar-refractivity contribution is 4.54. The number of hydrogen-bond donors (Lipinski definition) is 0. The smallest absolute Gasteiger partial charge is 0.181 e. The zero-order valence-electron chi connectivity index (χ0n) is 8.05. The van der Waals surface area contributed by atoms with Crippen molar-refractivity contribution in [2.24, 2.45) is 0 Å². The van der Waals surface area contributed by atoms with E-state index in [4.69, 9.17) is 9.47 Å². The molecule has 1 unspecified atom stereocenters. The highest BCUT2D eigenvalue weighted by atomic mass is 16.8. The van der Waals surface area contributed by atoms with Crippen molar-refractivity contribution >= 4 is 0 Å². The van der Waals surface area contributed by atoms with E-state index in [0.717, 1.165) is 13.2 Å². The fourth-order valence-corrected chi connectivity index (χ4v) is 1.23. The van der Waals surface area contributed by atoms with Crippen LogP contribution in [0.1, 0.15) is 45.4 Å². The van der Waals surface area contributed by atoms with E-state index < -0.39 is 0 Å². The Balaban J connectivity index is 1.65. The van der Waals surface area contributed by atoms with Crippen LogP contribution in [0, 0.1) is 0 Å². The SMILES string of the molecule is CCCCCCCCOC1CO1. The molecule has 0 saturated carbocycles. The van der Waals surface area contributed by atoms with E-state index in [2.05, 4.69) is 6.92 Å². The maximum Gasteiger partial charge on any atom is 0.181 e. The van der Waals surface area contributed by atoms with Crippen LogP contribution in [-0.2, 0) is 9.47 Å². The van der Waals surface area contributed by atoms with Crippen molar-refractivity contribution in [2.45, 2.75) is 51.7 Å². The van der Waals surface area contributed by atoms with Gasteiger partial charge in [-0.25, -0.2) is 0 Å². The minimum Gasteiger partial charge on any atom is -0.350 e. The summed E-state index contributed by atoms with van der Waals surface area (Å²) >= 11 is 0. The fraction of sp³-hybridized carbons (Fsp3) is 1.00. The monoisotopic (exact) mass is 172 g/mol. The molecule has 2 nitrogen and oxygen atoms in total. The zero-order chi connectivity index (χ0) is 8.65. The van der Waals surface area contributed by atoms with E-state index in [0.29, 0.717) is 0 Å². The number of unbranched alkanes of at least 4 members (excludes halogenated alkanes) is 5. The maximum atomic E-state index is 5.34. The molecule has 0 aromatic carbocycles. The second-order valence-corrected chi connectivity index (χ2v) is 3.40. The first-order valence-electron chi connectivity index (χ1n) is 5.16. The molecule has 72 valence electrons. The summed E-state index contributed by atoms with van der Waals surface area (Å²) in [6.07, 6.45) is 8.12. The molecule has 0 radical (unpaired) electrons. The molecular weight excluding hydrogens is 152 g/mol. The molecule has 2 heteroatoms. The third kappa shape index (κ3) is 5.56. The topological polar surface area (TPSA) is 21.8 Å². The summed E-state index contributed by atoms with van der Waals surface area (Å²) in [7, 11) is 0. The van der Waals surface area contributed by atoms with Crippen LogP contribution < -0.4 is 0 Å². The van der Waals surface area contributed by atoms with Crippen LogP contribution in [0.4, 0.5) is 0 Å². The Bertz CT molecular complexity index is 100. The summed E-state index contributed by atoms with van der Waals surface area (Å²) in [4.78, 5) is 0. The first-order chi connectivity index (χ1) is 5.93. The average Bonchev–Trinajstić information content (AvgIpc) is 2.87. The van der Waals surface area contributed by atoms with Gasteiger partial charge in [0.15, 0.2) is 6.29 Å². The lowest BCUT2D eigenvalue weighted by molar-refractivity contribution is 0.0478. The van der Waals surface area contributed by atoms with Crippen molar-refractivity contribution in [2.75, 3.05) is 13.2 Å². The molecule has 0 aromatic heterocycles. The summed E-state index contributed by atoms with van der Waals surface area (Å²) in [6, 6.07) is 0. The predicted octanol–water partition coefficient (Wildman–Crippen LogP) is 2.72. The molecule has 0 bridgehead atoms. The van der Waals surface area contributed by atoms with E-state index in [1.807, 2.05) is 0 Å². The molecule has 1 heterocycles. The van der Waals surface area contributed by atoms with Crippen molar-refractivity contribution in [3.05, 3.63) is 0 Å². The van der Waals surface area contributed by atoms with Crippen molar-refractivity contribution in [3.63, 3.8) is 0 Å². The largest absolute Gasteiger partial charge is 0.350 e. The van der Waals surface area contributed by atoms with Gasteiger partial charge in [-0.2, -0.15) is 0 Å². The Morgan fingerprint density at radius 1 is 1.17 bits per heavy atom. The molecule has 0 aromatic rings. The predicted molar refractivity (Wildman–Crippen MR) is 49.1 cm³/mol. The van der Waals surface area contributed by atoms with Gasteiger partial charge in [-0.05, 0) is 6.42 Å². The summed E-state index contributed by atoms with van der Waals surface area (Å²) in [5.41, 5.74) is 0. The van der Waals surface area contributed by atoms with Crippen LogP contribution in [0.5, 0.6) is 0 Å². The Labute approximate surface area is 75.2 Å². The van der Waals surface area contributed by atoms with Crippen LogP contribution in [0.25, 0.3) is 0 Å². The van der Waals surface area contributed by atoms with Crippen molar-refractivity contribution in [3.8, 4) is 0 Å². The lowest BCUT2D eigenvalue weighted by Gasteiger charge is -2.00. The van der Waals surface area contributed by atoms with Crippen molar-refractivity contribution in [1.29, 1.82) is 0 Å². The van der Waals surface area contributed by atoms with Gasteiger partial charge in [-0.3, -0.25) is 0 Å². The van der Waals surface area contributed by atoms with Crippen LogP contribution in [-0.4, -0.2) is 19.5 Å². The molecule has 1 rings (SSSR count). The number of ether oxygens (including phenoxy) is 2. The highest BCUT2D eigenvalue weighted by Crippen LogP contribution is 2.11. The normalized spacial score (nSPS) is 21.2. The first-order valence-corrected chi connectivity index (χ1v) is 5.16. The summed E-state index contributed by atoms with van der Waals surface area (Å²) < 4.78 is 10.3. The number of epoxide rings is 1. The Morgan fingerprint density at radius 3 is 2.50 bits per heavy atom. The Morgan fingerprint density at radius 2 is 1.83 bits per heavy atom. The minimum atomic E-state index is 0.153. The minimum absolute atomic E-state index is 0.153. The van der Waals surface area contributed by atoms with Crippen molar-refractivity contribution < 1.29 is 9.47 Å². The van der Waals surface area contributed by atoms with Gasteiger partial charge in [-0.1, -0.05) is 39.0 Å². The molecule has 0 aliphatic carbocycles. The van der Waals surface area contributed by atoms with Gasteiger partial charge < -0.3 is 9.47 Å². The van der Waals surface area contributed by atoms with Gasteiger partial charge in [0.1, 0.15) is 6.61 Å². The van der Waals surface area contributed by atoms with Crippen LogP contribution >= 0.6 is 0 Å². The van der Waals surface area contributed by atoms with Gasteiger partial charge in [0.05, 0.1) is 0 Å². The second-order valence-electron chi connectivity index (χ2n) is 3.40. The third-order valence-electron chi connectivity index (χ3n) is 2.10. The van der Waals surface area contributed by atoms with Crippen molar-refractivity contribution in [1.82, 2.24) is 0 Å². The van der Waals surface area contributed by atoms with E-state index in [-0.39, 0.29) is 6.29 Å². The van der Waals surface area contributed by atoms with E-state index >= 15 is 0 Å². The zero-order valence-corrected chi connectivity index (χ0v) is 8.05. The van der Waals surface area contributed by atoms with Gasteiger partial charge >= 0.3 is 0 Å². The van der Waals surface area contributed by atoms with E-state index in [9.17, 15) is 0 Å². The highest BCUT2D eigenvalue weighted by Gasteiger charge is 2.22. The molecule has 12 heavy (non-hydrogen) atoms. The number of rotatable bonds is 8. The first kappa shape index (κ1) is 10.0. The fourth-order valence-electron chi connectivity index (χ4n) is 1.23. The Hall–Kier alpha value is -0.0800. The second kappa shape index (κ2) is 6.44.